The summed E-state index contributed by atoms with van der Waals surface area (Å²) < 4.78 is 0. The van der Waals surface area contributed by atoms with Crippen LogP contribution in [0.5, 0.6) is 0 Å². The minimum Gasteiger partial charge on any atom is -0.0990 e. The van der Waals surface area contributed by atoms with E-state index in [1.54, 1.807) is 6.08 Å². The lowest BCUT2D eigenvalue weighted by Crippen LogP contribution is -1.89. The van der Waals surface area contributed by atoms with Gasteiger partial charge in [-0.2, -0.15) is 0 Å². The van der Waals surface area contributed by atoms with Gasteiger partial charge in [-0.15, -0.1) is 0 Å². The Morgan fingerprint density at radius 3 is 1.40 bits per heavy atom. The zero-order chi connectivity index (χ0) is 29.9. The second-order valence-electron chi connectivity index (χ2n) is 10.4. The van der Waals surface area contributed by atoms with Crippen molar-refractivity contribution in [3.8, 4) is 0 Å². The maximum Gasteiger partial charge on any atom is -0.0105 e. The highest BCUT2D eigenvalue weighted by atomic mass is 14.1. The summed E-state index contributed by atoms with van der Waals surface area (Å²) in [6.07, 6.45) is 12.4. The number of hydrogen-bond donors (Lipinski definition) is 0. The molecule has 0 fully saturated rings. The fourth-order valence-electron chi connectivity index (χ4n) is 5.11. The Hall–Kier alpha value is -5.46. The second kappa shape index (κ2) is 14.4. The maximum atomic E-state index is 4.02. The molecular weight excluding hydrogens is 516 g/mol. The maximum absolute atomic E-state index is 4.02. The van der Waals surface area contributed by atoms with E-state index in [1.807, 2.05) is 18.2 Å². The average Bonchev–Trinajstić information content (AvgIpc) is 3.07. The number of rotatable bonds is 10. The van der Waals surface area contributed by atoms with Crippen LogP contribution in [0.3, 0.4) is 0 Å². The van der Waals surface area contributed by atoms with Crippen LogP contribution in [0.15, 0.2) is 176 Å². The van der Waals surface area contributed by atoms with Crippen LogP contribution in [0.2, 0.25) is 0 Å². The van der Waals surface area contributed by atoms with Crippen molar-refractivity contribution in [2.75, 3.05) is 0 Å². The summed E-state index contributed by atoms with van der Waals surface area (Å²) in [4.78, 5) is 0. The standard InChI is InChI=1S/C43H36/c1-4-15-37(5-2)42(39-16-9-6-10-17-39)31-36-26-28-38(29-27-36)33(3)30-34-22-24-35(25-23-34)32-43(40-18-11-7-12-19-40)41-20-13-8-14-21-41/h4-32H,1-2H2,3H3/b33-30+,37-15+,42-31+. The van der Waals surface area contributed by atoms with Crippen molar-refractivity contribution < 1.29 is 0 Å². The summed E-state index contributed by atoms with van der Waals surface area (Å²) in [5, 5.41) is 0. The second-order valence-corrected chi connectivity index (χ2v) is 10.4. The summed E-state index contributed by atoms with van der Waals surface area (Å²) in [7, 11) is 0. The monoisotopic (exact) mass is 552 g/mol. The molecule has 0 atom stereocenters. The Morgan fingerprint density at radius 2 is 0.907 bits per heavy atom. The molecule has 0 aromatic heterocycles. The fraction of sp³-hybridized carbons (Fsp3) is 0.0233. The van der Waals surface area contributed by atoms with Crippen LogP contribution in [0.4, 0.5) is 0 Å². The Morgan fingerprint density at radius 1 is 0.465 bits per heavy atom. The first-order chi connectivity index (χ1) is 21.1. The Bertz CT molecular complexity index is 1740. The lowest BCUT2D eigenvalue weighted by atomic mass is 9.94. The highest BCUT2D eigenvalue weighted by Crippen LogP contribution is 2.29. The quantitative estimate of drug-likeness (QED) is 0.119. The van der Waals surface area contributed by atoms with Gasteiger partial charge in [0, 0.05) is 0 Å². The third-order valence-corrected chi connectivity index (χ3v) is 7.39. The largest absolute Gasteiger partial charge is 0.0990 e. The van der Waals surface area contributed by atoms with Crippen molar-refractivity contribution in [2.45, 2.75) is 6.92 Å². The molecular formula is C43H36. The molecule has 0 spiro atoms. The third-order valence-electron chi connectivity index (χ3n) is 7.39. The van der Waals surface area contributed by atoms with Crippen LogP contribution >= 0.6 is 0 Å². The first kappa shape index (κ1) is 29.0. The Kier molecular flexibility index (Phi) is 9.75. The molecule has 0 nitrogen and oxygen atoms in total. The molecule has 0 radical (unpaired) electrons. The number of allylic oxidation sites excluding steroid dienone is 6. The van der Waals surface area contributed by atoms with Gasteiger partial charge in [0.05, 0.1) is 0 Å². The molecule has 0 aliphatic heterocycles. The summed E-state index contributed by atoms with van der Waals surface area (Å²) in [6, 6.07) is 49.0. The van der Waals surface area contributed by atoms with Gasteiger partial charge in [-0.05, 0) is 80.3 Å². The van der Waals surface area contributed by atoms with Gasteiger partial charge in [-0.3, -0.25) is 0 Å². The zero-order valence-electron chi connectivity index (χ0n) is 24.7. The molecule has 0 aliphatic carbocycles. The predicted octanol–water partition coefficient (Wildman–Crippen LogP) is 11.7. The molecule has 0 saturated carbocycles. The van der Waals surface area contributed by atoms with Crippen LogP contribution in [-0.4, -0.2) is 0 Å². The average molecular weight is 553 g/mol. The molecule has 5 aromatic carbocycles. The van der Waals surface area contributed by atoms with E-state index in [-0.39, 0.29) is 0 Å². The molecule has 0 amide bonds. The van der Waals surface area contributed by atoms with E-state index in [4.69, 9.17) is 0 Å². The Balaban J connectivity index is 1.38. The topological polar surface area (TPSA) is 0 Å². The fourth-order valence-corrected chi connectivity index (χ4v) is 5.11. The highest BCUT2D eigenvalue weighted by Gasteiger charge is 2.07. The molecule has 0 saturated heterocycles. The van der Waals surface area contributed by atoms with Gasteiger partial charge in [-0.1, -0.05) is 177 Å². The van der Waals surface area contributed by atoms with Gasteiger partial charge in [0.15, 0.2) is 0 Å². The van der Waals surface area contributed by atoms with E-state index < -0.39 is 0 Å². The number of hydrogen-bond acceptors (Lipinski definition) is 0. The lowest BCUT2D eigenvalue weighted by Gasteiger charge is -2.10. The van der Waals surface area contributed by atoms with Crippen LogP contribution in [0.1, 0.15) is 45.9 Å². The molecule has 5 aromatic rings. The smallest absolute Gasteiger partial charge is 0.0105 e. The third kappa shape index (κ3) is 7.64. The normalized spacial score (nSPS) is 12.0. The molecule has 0 heterocycles. The van der Waals surface area contributed by atoms with Gasteiger partial charge >= 0.3 is 0 Å². The minimum atomic E-state index is 1.04. The van der Waals surface area contributed by atoms with E-state index in [0.29, 0.717) is 0 Å². The van der Waals surface area contributed by atoms with Crippen molar-refractivity contribution >= 4 is 34.9 Å². The first-order valence-electron chi connectivity index (χ1n) is 14.6. The van der Waals surface area contributed by atoms with Crippen molar-refractivity contribution in [2.24, 2.45) is 0 Å². The summed E-state index contributed by atoms with van der Waals surface area (Å²) in [6.45, 7) is 10.1. The van der Waals surface area contributed by atoms with Crippen LogP contribution < -0.4 is 0 Å². The van der Waals surface area contributed by atoms with Crippen molar-refractivity contribution in [1.29, 1.82) is 0 Å². The summed E-state index contributed by atoms with van der Waals surface area (Å²) in [5.74, 6) is 0. The van der Waals surface area contributed by atoms with Crippen molar-refractivity contribution in [1.82, 2.24) is 0 Å². The van der Waals surface area contributed by atoms with Gasteiger partial charge in [0.1, 0.15) is 0 Å². The van der Waals surface area contributed by atoms with E-state index in [9.17, 15) is 0 Å². The molecule has 0 aliphatic rings. The predicted molar refractivity (Wildman–Crippen MR) is 189 cm³/mol. The molecule has 0 heteroatoms. The highest BCUT2D eigenvalue weighted by molar-refractivity contribution is 5.93. The molecule has 43 heavy (non-hydrogen) atoms. The van der Waals surface area contributed by atoms with Gasteiger partial charge in [-0.25, -0.2) is 0 Å². The van der Waals surface area contributed by atoms with E-state index in [1.165, 1.54) is 39.0 Å². The first-order valence-corrected chi connectivity index (χ1v) is 14.6. The van der Waals surface area contributed by atoms with Crippen LogP contribution in [0.25, 0.3) is 34.9 Å². The molecule has 5 rings (SSSR count). The molecule has 0 unspecified atom stereocenters. The van der Waals surface area contributed by atoms with E-state index in [2.05, 4.69) is 172 Å². The number of benzene rings is 5. The van der Waals surface area contributed by atoms with Crippen molar-refractivity contribution in [3.05, 3.63) is 215 Å². The minimum absolute atomic E-state index is 1.04. The van der Waals surface area contributed by atoms with Crippen LogP contribution in [-0.2, 0) is 0 Å². The molecule has 0 N–H and O–H groups in total. The summed E-state index contributed by atoms with van der Waals surface area (Å²) in [5.41, 5.74) is 12.8. The van der Waals surface area contributed by atoms with E-state index in [0.717, 1.165) is 22.3 Å². The molecule has 0 bridgehead atoms. The van der Waals surface area contributed by atoms with Gasteiger partial charge < -0.3 is 0 Å². The van der Waals surface area contributed by atoms with E-state index >= 15 is 0 Å². The molecule has 208 valence electrons. The van der Waals surface area contributed by atoms with Gasteiger partial charge in [0.25, 0.3) is 0 Å². The van der Waals surface area contributed by atoms with Crippen molar-refractivity contribution in [3.63, 3.8) is 0 Å². The van der Waals surface area contributed by atoms with Gasteiger partial charge in [0.2, 0.25) is 0 Å². The van der Waals surface area contributed by atoms with Crippen LogP contribution in [0, 0.1) is 0 Å². The zero-order valence-corrected chi connectivity index (χ0v) is 24.7. The SMILES string of the molecule is C=C/C=C(C=C)/C(=C\c1ccc(/C(C)=C/c2ccc(C=C(c3ccccc3)c3ccccc3)cc2)cc1)c1ccccc1. The summed E-state index contributed by atoms with van der Waals surface area (Å²) >= 11 is 0. The lowest BCUT2D eigenvalue weighted by molar-refractivity contribution is 1.54. The Labute approximate surface area is 256 Å².